The second-order valence-electron chi connectivity index (χ2n) is 5.60. The first-order valence-corrected chi connectivity index (χ1v) is 8.47. The number of H-pyrrole nitrogens is 1. The number of hydrogen-bond donors (Lipinski definition) is 5. The molecular weight excluding hydrogens is 362 g/mol. The molecule has 3 heterocycles. The van der Waals surface area contributed by atoms with Crippen molar-refractivity contribution in [2.24, 2.45) is 5.73 Å². The summed E-state index contributed by atoms with van der Waals surface area (Å²) in [4.78, 5) is 25.3. The Kier molecular flexibility index (Phi) is 4.09. The molecule has 1 saturated heterocycles. The van der Waals surface area contributed by atoms with Crippen molar-refractivity contribution >= 4 is 10.1 Å². The second-order valence-corrected chi connectivity index (χ2v) is 6.99. The van der Waals surface area contributed by atoms with Crippen LogP contribution in [-0.4, -0.2) is 63.8 Å². The van der Waals surface area contributed by atoms with E-state index in [0.29, 0.717) is 5.41 Å². The van der Waals surface area contributed by atoms with E-state index in [0.717, 1.165) is 16.8 Å². The van der Waals surface area contributed by atoms with Gasteiger partial charge in [0.2, 0.25) is 5.60 Å². The highest BCUT2D eigenvalue weighted by Gasteiger charge is 2.64. The summed E-state index contributed by atoms with van der Waals surface area (Å²) < 4.78 is 34.7. The minimum atomic E-state index is -4.33. The SMILES string of the molecule is NC1=CS(=O)(=O)O[C@@]12[C@@H](O)[C@@H](O)[C@@H](CO)O[C@H]2n1ccc(=O)[nH]c1=O. The summed E-state index contributed by atoms with van der Waals surface area (Å²) in [6.07, 6.45) is -5.81. The zero-order valence-electron chi connectivity index (χ0n) is 12.5. The summed E-state index contributed by atoms with van der Waals surface area (Å²) in [5, 5.41) is 30.4. The molecule has 0 bridgehead atoms. The van der Waals surface area contributed by atoms with Crippen LogP contribution in [0.2, 0.25) is 0 Å². The van der Waals surface area contributed by atoms with E-state index in [-0.39, 0.29) is 0 Å². The Morgan fingerprint density at radius 3 is 2.56 bits per heavy atom. The molecule has 2 aliphatic heterocycles. The third-order valence-electron chi connectivity index (χ3n) is 4.07. The van der Waals surface area contributed by atoms with Crippen molar-refractivity contribution in [3.63, 3.8) is 0 Å². The van der Waals surface area contributed by atoms with Crippen LogP contribution in [0.1, 0.15) is 6.23 Å². The fourth-order valence-electron chi connectivity index (χ4n) is 2.90. The van der Waals surface area contributed by atoms with Crippen molar-refractivity contribution < 1.29 is 32.7 Å². The zero-order valence-corrected chi connectivity index (χ0v) is 13.3. The second kappa shape index (κ2) is 5.76. The van der Waals surface area contributed by atoms with Crippen LogP contribution in [-0.2, 0) is 19.0 Å². The molecular formula is C12H15N3O9S. The fraction of sp³-hybridized carbons (Fsp3) is 0.500. The maximum Gasteiger partial charge on any atom is 0.330 e. The topological polar surface area (TPSA) is 194 Å². The summed E-state index contributed by atoms with van der Waals surface area (Å²) in [6.45, 7) is -0.751. The van der Waals surface area contributed by atoms with Gasteiger partial charge in [-0.3, -0.25) is 14.3 Å². The van der Waals surface area contributed by atoms with Crippen LogP contribution in [0.15, 0.2) is 33.0 Å². The van der Waals surface area contributed by atoms with Gasteiger partial charge in [0.1, 0.15) is 18.3 Å². The monoisotopic (exact) mass is 377 g/mol. The van der Waals surface area contributed by atoms with Crippen molar-refractivity contribution in [1.82, 2.24) is 9.55 Å². The molecule has 1 spiro atoms. The number of rotatable bonds is 2. The van der Waals surface area contributed by atoms with E-state index in [4.69, 9.17) is 14.7 Å². The Morgan fingerprint density at radius 1 is 1.36 bits per heavy atom. The molecule has 3 rings (SSSR count). The van der Waals surface area contributed by atoms with Crippen LogP contribution in [0.25, 0.3) is 0 Å². The van der Waals surface area contributed by atoms with Crippen molar-refractivity contribution in [2.75, 3.05) is 6.61 Å². The number of aromatic amines is 1. The van der Waals surface area contributed by atoms with Crippen LogP contribution in [0.4, 0.5) is 0 Å². The van der Waals surface area contributed by atoms with Gasteiger partial charge in [-0.05, 0) is 0 Å². The molecule has 6 N–H and O–H groups in total. The lowest BCUT2D eigenvalue weighted by Gasteiger charge is -2.48. The minimum absolute atomic E-state index is 0.515. The first kappa shape index (κ1) is 17.8. The predicted octanol–water partition coefficient (Wildman–Crippen LogP) is -3.95. The van der Waals surface area contributed by atoms with Gasteiger partial charge in [-0.25, -0.2) is 8.98 Å². The van der Waals surface area contributed by atoms with E-state index in [1.807, 2.05) is 4.98 Å². The smallest absolute Gasteiger partial charge is 0.330 e. The first-order chi connectivity index (χ1) is 11.6. The van der Waals surface area contributed by atoms with Gasteiger partial charge in [-0.15, -0.1) is 0 Å². The molecule has 0 saturated carbocycles. The summed E-state index contributed by atoms with van der Waals surface area (Å²) in [7, 11) is -4.33. The third kappa shape index (κ3) is 2.61. The summed E-state index contributed by atoms with van der Waals surface area (Å²) in [5.41, 5.74) is 1.12. The standard InChI is InChI=1S/C12H15N3O9S/c13-6-4-25(21,22)24-12(6)9(19)8(18)5(3-16)23-10(12)15-2-1-7(17)14-11(15)20/h1-2,4-5,8-10,16,18-19H,3,13H2,(H,14,17,20)/t5-,8+,9+,10-,12-/m1/s1. The Hall–Kier alpha value is -2.03. The molecule has 0 aromatic carbocycles. The van der Waals surface area contributed by atoms with Gasteiger partial charge >= 0.3 is 5.69 Å². The molecule has 1 aromatic rings. The largest absolute Gasteiger partial charge is 0.399 e. The maximum atomic E-state index is 12.1. The maximum absolute atomic E-state index is 12.1. The summed E-state index contributed by atoms with van der Waals surface area (Å²) >= 11 is 0. The van der Waals surface area contributed by atoms with Crippen LogP contribution >= 0.6 is 0 Å². The fourth-order valence-corrected chi connectivity index (χ4v) is 4.11. The van der Waals surface area contributed by atoms with Crippen molar-refractivity contribution in [3.8, 4) is 0 Å². The lowest BCUT2D eigenvalue weighted by atomic mass is 9.83. The highest BCUT2D eigenvalue weighted by molar-refractivity contribution is 7.90. The average Bonchev–Trinajstić information content (AvgIpc) is 2.76. The Bertz CT molecular complexity index is 936. The predicted molar refractivity (Wildman–Crippen MR) is 79.3 cm³/mol. The molecule has 0 aliphatic carbocycles. The van der Waals surface area contributed by atoms with Crippen molar-refractivity contribution in [2.45, 2.75) is 30.1 Å². The molecule has 0 unspecified atom stereocenters. The molecule has 138 valence electrons. The van der Waals surface area contributed by atoms with Crippen LogP contribution < -0.4 is 17.0 Å². The van der Waals surface area contributed by atoms with E-state index in [2.05, 4.69) is 0 Å². The minimum Gasteiger partial charge on any atom is -0.399 e. The summed E-state index contributed by atoms with van der Waals surface area (Å²) in [5.74, 6) is 0. The molecule has 1 fully saturated rings. The highest BCUT2D eigenvalue weighted by atomic mass is 32.2. The van der Waals surface area contributed by atoms with Crippen molar-refractivity contribution in [1.29, 1.82) is 0 Å². The number of aromatic nitrogens is 2. The zero-order chi connectivity index (χ0) is 18.6. The van der Waals surface area contributed by atoms with Gasteiger partial charge in [0.05, 0.1) is 17.7 Å². The lowest BCUT2D eigenvalue weighted by Crippen LogP contribution is -2.67. The number of nitrogens with two attached hydrogens (primary N) is 1. The van der Waals surface area contributed by atoms with Crippen LogP contribution in [0.3, 0.4) is 0 Å². The number of ether oxygens (including phenoxy) is 1. The third-order valence-corrected chi connectivity index (χ3v) is 5.13. The Balaban J connectivity index is 2.23. The van der Waals surface area contributed by atoms with Crippen LogP contribution in [0, 0.1) is 0 Å². The van der Waals surface area contributed by atoms with E-state index >= 15 is 0 Å². The van der Waals surface area contributed by atoms with Gasteiger partial charge in [-0.2, -0.15) is 8.42 Å². The normalized spacial score (nSPS) is 37.2. The molecule has 5 atom stereocenters. The molecule has 0 amide bonds. The van der Waals surface area contributed by atoms with Gasteiger partial charge in [0, 0.05) is 12.3 Å². The Labute approximate surface area is 139 Å². The molecule has 12 nitrogen and oxygen atoms in total. The summed E-state index contributed by atoms with van der Waals surface area (Å²) in [6, 6.07) is 0.952. The molecule has 25 heavy (non-hydrogen) atoms. The van der Waals surface area contributed by atoms with E-state index < -0.39 is 63.8 Å². The van der Waals surface area contributed by atoms with Gasteiger partial charge < -0.3 is 25.8 Å². The van der Waals surface area contributed by atoms with Gasteiger partial charge in [0.15, 0.2) is 6.23 Å². The number of hydrogen-bond acceptors (Lipinski definition) is 10. The first-order valence-electron chi connectivity index (χ1n) is 6.99. The number of nitrogens with one attached hydrogen (secondary N) is 1. The van der Waals surface area contributed by atoms with E-state index in [1.165, 1.54) is 0 Å². The van der Waals surface area contributed by atoms with E-state index in [9.17, 15) is 33.3 Å². The molecule has 2 aliphatic rings. The average molecular weight is 377 g/mol. The Morgan fingerprint density at radius 2 is 2.04 bits per heavy atom. The van der Waals surface area contributed by atoms with Gasteiger partial charge in [0.25, 0.3) is 15.7 Å². The molecule has 0 radical (unpaired) electrons. The number of aliphatic hydroxyl groups excluding tert-OH is 3. The van der Waals surface area contributed by atoms with Gasteiger partial charge in [-0.1, -0.05) is 0 Å². The molecule has 1 aromatic heterocycles. The quantitative estimate of drug-likeness (QED) is 0.317. The highest BCUT2D eigenvalue weighted by Crippen LogP contribution is 2.46. The number of nitrogens with zero attached hydrogens (tertiary/aromatic N) is 1. The number of aliphatic hydroxyl groups is 3. The van der Waals surface area contributed by atoms with Crippen molar-refractivity contribution in [3.05, 3.63) is 44.2 Å². The van der Waals surface area contributed by atoms with Crippen LogP contribution in [0.5, 0.6) is 0 Å². The lowest BCUT2D eigenvalue weighted by molar-refractivity contribution is -0.274. The van der Waals surface area contributed by atoms with E-state index in [1.54, 1.807) is 0 Å². The molecule has 13 heteroatoms.